The molecule has 2 aromatic rings. The predicted molar refractivity (Wildman–Crippen MR) is 73.2 cm³/mol. The smallest absolute Gasteiger partial charge is 0.335 e. The Morgan fingerprint density at radius 3 is 2.35 bits per heavy atom. The van der Waals surface area contributed by atoms with Crippen molar-refractivity contribution < 1.29 is 18.3 Å². The lowest BCUT2D eigenvalue weighted by molar-refractivity contribution is 0.0697. The topological polar surface area (TPSA) is 87.6 Å². The van der Waals surface area contributed by atoms with E-state index in [1.54, 1.807) is 0 Å². The van der Waals surface area contributed by atoms with Crippen LogP contribution in [0.3, 0.4) is 0 Å². The molecule has 1 aromatic carbocycles. The number of aromatic nitrogens is 1. The molecule has 1 N–H and O–H groups in total. The minimum Gasteiger partial charge on any atom is -0.478 e. The molecule has 1 aromatic heterocycles. The molecule has 0 aliphatic heterocycles. The number of sulfonamides is 1. The molecule has 20 heavy (non-hydrogen) atoms. The van der Waals surface area contributed by atoms with Crippen molar-refractivity contribution in [3.05, 3.63) is 54.4 Å². The first kappa shape index (κ1) is 14.0. The van der Waals surface area contributed by atoms with Crippen LogP contribution in [0.2, 0.25) is 0 Å². The Labute approximate surface area is 116 Å². The van der Waals surface area contributed by atoms with Crippen molar-refractivity contribution in [2.24, 2.45) is 0 Å². The van der Waals surface area contributed by atoms with Crippen molar-refractivity contribution in [3.63, 3.8) is 0 Å². The summed E-state index contributed by atoms with van der Waals surface area (Å²) in [5, 5.41) is 8.81. The van der Waals surface area contributed by atoms with Crippen LogP contribution in [0.15, 0.2) is 53.7 Å². The SMILES string of the molecule is CN(c1ccc(C(=O)O)cc1)S(=O)(=O)c1cccnc1. The van der Waals surface area contributed by atoms with Crippen LogP contribution in [-0.2, 0) is 10.0 Å². The highest BCUT2D eigenvalue weighted by molar-refractivity contribution is 7.92. The first-order chi connectivity index (χ1) is 9.43. The number of aromatic carboxylic acids is 1. The molecule has 0 fully saturated rings. The molecule has 0 unspecified atom stereocenters. The summed E-state index contributed by atoms with van der Waals surface area (Å²) in [6.07, 6.45) is 2.75. The van der Waals surface area contributed by atoms with Gasteiger partial charge in [0.1, 0.15) is 4.90 Å². The number of hydrogen-bond donors (Lipinski definition) is 1. The van der Waals surface area contributed by atoms with E-state index in [1.165, 1.54) is 55.8 Å². The number of benzene rings is 1. The van der Waals surface area contributed by atoms with Crippen LogP contribution >= 0.6 is 0 Å². The molecule has 0 spiro atoms. The van der Waals surface area contributed by atoms with Crippen LogP contribution in [-0.4, -0.2) is 31.5 Å². The van der Waals surface area contributed by atoms with E-state index in [2.05, 4.69) is 4.98 Å². The van der Waals surface area contributed by atoms with Crippen molar-refractivity contribution >= 4 is 21.7 Å². The highest BCUT2D eigenvalue weighted by Gasteiger charge is 2.21. The minimum atomic E-state index is -3.70. The maximum Gasteiger partial charge on any atom is 0.335 e. The van der Waals surface area contributed by atoms with Crippen LogP contribution in [0, 0.1) is 0 Å². The van der Waals surface area contributed by atoms with Gasteiger partial charge in [0.25, 0.3) is 10.0 Å². The van der Waals surface area contributed by atoms with Gasteiger partial charge in [-0.25, -0.2) is 13.2 Å². The fourth-order valence-corrected chi connectivity index (χ4v) is 2.77. The molecule has 0 saturated carbocycles. The lowest BCUT2D eigenvalue weighted by Gasteiger charge is -2.19. The summed E-state index contributed by atoms with van der Waals surface area (Å²) in [7, 11) is -2.30. The van der Waals surface area contributed by atoms with E-state index in [0.29, 0.717) is 5.69 Å². The summed E-state index contributed by atoms with van der Waals surface area (Å²) in [5.74, 6) is -1.06. The third-order valence-electron chi connectivity index (χ3n) is 2.77. The Bertz CT molecular complexity index is 712. The van der Waals surface area contributed by atoms with E-state index >= 15 is 0 Å². The zero-order valence-corrected chi connectivity index (χ0v) is 11.4. The summed E-state index contributed by atoms with van der Waals surface area (Å²) in [6, 6.07) is 8.58. The number of rotatable bonds is 4. The summed E-state index contributed by atoms with van der Waals surface area (Å²) in [5.41, 5.74) is 0.472. The van der Waals surface area contributed by atoms with Crippen molar-refractivity contribution in [1.82, 2.24) is 4.98 Å². The second kappa shape index (κ2) is 5.30. The maximum atomic E-state index is 12.3. The van der Waals surface area contributed by atoms with Gasteiger partial charge in [0, 0.05) is 19.4 Å². The minimum absolute atomic E-state index is 0.0739. The first-order valence-electron chi connectivity index (χ1n) is 5.65. The van der Waals surface area contributed by atoms with Crippen molar-refractivity contribution in [3.8, 4) is 0 Å². The third-order valence-corrected chi connectivity index (χ3v) is 4.54. The maximum absolute atomic E-state index is 12.3. The molecule has 7 heteroatoms. The highest BCUT2D eigenvalue weighted by Crippen LogP contribution is 2.21. The number of pyridine rings is 1. The molecule has 2 rings (SSSR count). The van der Waals surface area contributed by atoms with E-state index in [1.807, 2.05) is 0 Å². The largest absolute Gasteiger partial charge is 0.478 e. The molecule has 104 valence electrons. The Morgan fingerprint density at radius 1 is 1.20 bits per heavy atom. The zero-order valence-electron chi connectivity index (χ0n) is 10.6. The number of carboxylic acid groups (broad SMARTS) is 1. The lowest BCUT2D eigenvalue weighted by Crippen LogP contribution is -2.26. The monoisotopic (exact) mass is 292 g/mol. The van der Waals surface area contributed by atoms with E-state index in [4.69, 9.17) is 5.11 Å². The summed E-state index contributed by atoms with van der Waals surface area (Å²) >= 11 is 0. The Morgan fingerprint density at radius 2 is 1.85 bits per heavy atom. The van der Waals surface area contributed by atoms with E-state index in [0.717, 1.165) is 4.31 Å². The molecule has 6 nitrogen and oxygen atoms in total. The standard InChI is InChI=1S/C13H12N2O4S/c1-15(11-6-4-10(5-7-11)13(16)17)20(18,19)12-3-2-8-14-9-12/h2-9H,1H3,(H,16,17). The van der Waals surface area contributed by atoms with Gasteiger partial charge in [-0.3, -0.25) is 9.29 Å². The van der Waals surface area contributed by atoms with Gasteiger partial charge in [-0.1, -0.05) is 0 Å². The van der Waals surface area contributed by atoms with E-state index in [9.17, 15) is 13.2 Å². The van der Waals surface area contributed by atoms with Crippen LogP contribution in [0.5, 0.6) is 0 Å². The summed E-state index contributed by atoms with van der Waals surface area (Å²) < 4.78 is 25.7. The molecular formula is C13H12N2O4S. The average Bonchev–Trinajstić information content (AvgIpc) is 2.47. The van der Waals surface area contributed by atoms with Gasteiger partial charge < -0.3 is 5.11 Å². The Balaban J connectivity index is 2.36. The zero-order chi connectivity index (χ0) is 14.8. The molecular weight excluding hydrogens is 280 g/mol. The van der Waals surface area contributed by atoms with Gasteiger partial charge in [0.15, 0.2) is 0 Å². The molecule has 0 radical (unpaired) electrons. The molecule has 0 atom stereocenters. The van der Waals surface area contributed by atoms with Crippen LogP contribution in [0.25, 0.3) is 0 Å². The lowest BCUT2D eigenvalue weighted by atomic mass is 10.2. The van der Waals surface area contributed by atoms with Gasteiger partial charge in [-0.2, -0.15) is 0 Å². The van der Waals surface area contributed by atoms with Gasteiger partial charge in [0.2, 0.25) is 0 Å². The second-order valence-electron chi connectivity index (χ2n) is 4.01. The normalized spacial score (nSPS) is 11.1. The molecule has 0 amide bonds. The molecule has 1 heterocycles. The number of anilines is 1. The fourth-order valence-electron chi connectivity index (χ4n) is 1.61. The first-order valence-corrected chi connectivity index (χ1v) is 7.09. The molecule has 0 aliphatic carbocycles. The van der Waals surface area contributed by atoms with Crippen LogP contribution in [0.1, 0.15) is 10.4 Å². The van der Waals surface area contributed by atoms with Crippen LogP contribution in [0.4, 0.5) is 5.69 Å². The van der Waals surface area contributed by atoms with Crippen molar-refractivity contribution in [2.45, 2.75) is 4.90 Å². The second-order valence-corrected chi connectivity index (χ2v) is 5.98. The highest BCUT2D eigenvalue weighted by atomic mass is 32.2. The Kier molecular flexibility index (Phi) is 3.71. The molecule has 0 saturated heterocycles. The molecule has 0 bridgehead atoms. The van der Waals surface area contributed by atoms with Crippen molar-refractivity contribution in [1.29, 1.82) is 0 Å². The number of carboxylic acids is 1. The number of carbonyl (C=O) groups is 1. The summed E-state index contributed by atoms with van der Waals surface area (Å²) in [4.78, 5) is 14.6. The predicted octanol–water partition coefficient (Wildman–Crippen LogP) is 1.60. The Hall–Kier alpha value is -2.41. The van der Waals surface area contributed by atoms with Gasteiger partial charge in [-0.15, -0.1) is 0 Å². The quantitative estimate of drug-likeness (QED) is 0.925. The van der Waals surface area contributed by atoms with Gasteiger partial charge >= 0.3 is 5.97 Å². The fraction of sp³-hybridized carbons (Fsp3) is 0.0769. The third kappa shape index (κ3) is 2.62. The van der Waals surface area contributed by atoms with Gasteiger partial charge in [-0.05, 0) is 36.4 Å². The number of nitrogens with zero attached hydrogens (tertiary/aromatic N) is 2. The number of hydrogen-bond acceptors (Lipinski definition) is 4. The van der Waals surface area contributed by atoms with Gasteiger partial charge in [0.05, 0.1) is 11.3 Å². The van der Waals surface area contributed by atoms with Crippen LogP contribution < -0.4 is 4.31 Å². The van der Waals surface area contributed by atoms with Crippen molar-refractivity contribution in [2.75, 3.05) is 11.4 Å². The summed E-state index contributed by atoms with van der Waals surface area (Å²) in [6.45, 7) is 0. The molecule has 0 aliphatic rings. The van der Waals surface area contributed by atoms with E-state index in [-0.39, 0.29) is 10.5 Å². The van der Waals surface area contributed by atoms with E-state index < -0.39 is 16.0 Å². The average molecular weight is 292 g/mol.